The molecule has 0 spiro atoms. The topological polar surface area (TPSA) is 96.3 Å². The molecule has 1 aromatic heterocycles. The van der Waals surface area contributed by atoms with Crippen LogP contribution in [-0.2, 0) is 11.3 Å². The third kappa shape index (κ3) is 4.44. The van der Waals surface area contributed by atoms with Crippen LogP contribution in [0, 0.1) is 6.92 Å². The van der Waals surface area contributed by atoms with Crippen molar-refractivity contribution >= 4 is 12.0 Å². The molecule has 0 saturated heterocycles. The first-order valence-corrected chi connectivity index (χ1v) is 5.79. The molecule has 0 saturated carbocycles. The van der Waals surface area contributed by atoms with Crippen molar-refractivity contribution in [2.45, 2.75) is 32.9 Å². The molecule has 1 heterocycles. The van der Waals surface area contributed by atoms with E-state index in [2.05, 4.69) is 15.7 Å². The molecule has 3 N–H and O–H groups in total. The number of urea groups is 1. The van der Waals surface area contributed by atoms with E-state index in [9.17, 15) is 9.59 Å². The maximum atomic E-state index is 11.4. The number of nitrogens with one attached hydrogen (secondary N) is 2. The van der Waals surface area contributed by atoms with Gasteiger partial charge in [-0.15, -0.1) is 0 Å². The zero-order valence-corrected chi connectivity index (χ0v) is 10.5. The maximum absolute atomic E-state index is 11.4. The van der Waals surface area contributed by atoms with Gasteiger partial charge in [0.15, 0.2) is 0 Å². The number of carbonyl (C=O) groups is 2. The van der Waals surface area contributed by atoms with E-state index in [0.29, 0.717) is 19.5 Å². The van der Waals surface area contributed by atoms with Gasteiger partial charge in [-0.25, -0.2) is 9.59 Å². The molecule has 0 unspecified atom stereocenters. The lowest BCUT2D eigenvalue weighted by molar-refractivity contribution is -0.139. The number of aliphatic carboxylic acids is 1. The second kappa shape index (κ2) is 6.63. The molecule has 7 heteroatoms. The minimum atomic E-state index is -1.03. The zero-order valence-electron chi connectivity index (χ0n) is 10.5. The smallest absolute Gasteiger partial charge is 0.326 e. The van der Waals surface area contributed by atoms with Crippen LogP contribution in [0.2, 0.25) is 0 Å². The first kappa shape index (κ1) is 14.0. The average molecular weight is 254 g/mol. The van der Waals surface area contributed by atoms with Crippen molar-refractivity contribution in [1.29, 1.82) is 0 Å². The van der Waals surface area contributed by atoms with Crippen molar-refractivity contribution in [3.05, 3.63) is 18.0 Å². The summed E-state index contributed by atoms with van der Waals surface area (Å²) in [4.78, 5) is 22.1. The molecule has 0 aromatic carbocycles. The first-order chi connectivity index (χ1) is 8.52. The zero-order chi connectivity index (χ0) is 13.5. The van der Waals surface area contributed by atoms with E-state index >= 15 is 0 Å². The Kier molecular flexibility index (Phi) is 5.16. The normalized spacial score (nSPS) is 11.9. The number of hydrogen-bond donors (Lipinski definition) is 3. The molecule has 1 rings (SSSR count). The second-order valence-electron chi connectivity index (χ2n) is 3.98. The predicted molar refractivity (Wildman–Crippen MR) is 65.2 cm³/mol. The van der Waals surface area contributed by atoms with Gasteiger partial charge in [0.2, 0.25) is 0 Å². The van der Waals surface area contributed by atoms with E-state index in [0.717, 1.165) is 5.56 Å². The molecule has 1 atom stereocenters. The molecule has 0 radical (unpaired) electrons. The summed E-state index contributed by atoms with van der Waals surface area (Å²) in [5, 5.41) is 17.8. The predicted octanol–water partition coefficient (Wildman–Crippen LogP) is 0.354. The highest BCUT2D eigenvalue weighted by Gasteiger charge is 2.16. The van der Waals surface area contributed by atoms with Gasteiger partial charge in [0.1, 0.15) is 6.04 Å². The van der Waals surface area contributed by atoms with E-state index in [-0.39, 0.29) is 0 Å². The van der Waals surface area contributed by atoms with Gasteiger partial charge < -0.3 is 15.7 Å². The Hall–Kier alpha value is -2.05. The summed E-state index contributed by atoms with van der Waals surface area (Å²) >= 11 is 0. The van der Waals surface area contributed by atoms with Gasteiger partial charge in [-0.2, -0.15) is 5.10 Å². The van der Waals surface area contributed by atoms with Crippen LogP contribution in [0.1, 0.15) is 18.9 Å². The fraction of sp³-hybridized carbons (Fsp3) is 0.545. The van der Waals surface area contributed by atoms with Crippen LogP contribution in [0.15, 0.2) is 12.4 Å². The van der Waals surface area contributed by atoms with Gasteiger partial charge in [-0.05, 0) is 18.9 Å². The van der Waals surface area contributed by atoms with Gasteiger partial charge in [0, 0.05) is 12.7 Å². The van der Waals surface area contributed by atoms with Crippen LogP contribution in [-0.4, -0.2) is 39.5 Å². The average Bonchev–Trinajstić information content (AvgIpc) is 2.71. The highest BCUT2D eigenvalue weighted by molar-refractivity contribution is 5.82. The molecule has 0 aliphatic heterocycles. The summed E-state index contributed by atoms with van der Waals surface area (Å²) < 4.78 is 1.71. The number of hydrogen-bond acceptors (Lipinski definition) is 3. The van der Waals surface area contributed by atoms with Crippen LogP contribution in [0.5, 0.6) is 0 Å². The highest BCUT2D eigenvalue weighted by atomic mass is 16.4. The monoisotopic (exact) mass is 254 g/mol. The minimum Gasteiger partial charge on any atom is -0.480 e. The largest absolute Gasteiger partial charge is 0.480 e. The molecule has 2 amide bonds. The molecule has 100 valence electrons. The molecule has 0 aliphatic rings. The fourth-order valence-electron chi connectivity index (χ4n) is 1.42. The lowest BCUT2D eigenvalue weighted by atomic mass is 10.2. The van der Waals surface area contributed by atoms with Crippen molar-refractivity contribution < 1.29 is 14.7 Å². The van der Waals surface area contributed by atoms with Gasteiger partial charge in [0.25, 0.3) is 0 Å². The van der Waals surface area contributed by atoms with Crippen molar-refractivity contribution in [2.75, 3.05) is 6.54 Å². The Balaban J connectivity index is 2.26. The lowest BCUT2D eigenvalue weighted by Crippen LogP contribution is -2.46. The Bertz CT molecular complexity index is 416. The number of rotatable bonds is 6. The van der Waals surface area contributed by atoms with E-state index < -0.39 is 18.0 Å². The Morgan fingerprint density at radius 3 is 2.78 bits per heavy atom. The Morgan fingerprint density at radius 1 is 1.56 bits per heavy atom. The third-order valence-electron chi connectivity index (χ3n) is 2.40. The van der Waals surface area contributed by atoms with E-state index in [4.69, 9.17) is 5.11 Å². The van der Waals surface area contributed by atoms with Gasteiger partial charge in [-0.3, -0.25) is 4.68 Å². The van der Waals surface area contributed by atoms with E-state index in [1.165, 1.54) is 0 Å². The standard InChI is InChI=1S/C11H18N4O3/c1-3-9(10(16)17)14-11(18)12-4-5-15-7-8(2)6-13-15/h6-7,9H,3-5H2,1-2H3,(H,16,17)(H2,12,14,18)/t9-/m1/s1. The number of nitrogens with zero attached hydrogens (tertiary/aromatic N) is 2. The fourth-order valence-corrected chi connectivity index (χ4v) is 1.42. The molecule has 0 fully saturated rings. The molecule has 7 nitrogen and oxygen atoms in total. The summed E-state index contributed by atoms with van der Waals surface area (Å²) in [6.45, 7) is 4.57. The van der Waals surface area contributed by atoms with Crippen LogP contribution in [0.3, 0.4) is 0 Å². The molecular weight excluding hydrogens is 236 g/mol. The van der Waals surface area contributed by atoms with Crippen molar-refractivity contribution in [2.24, 2.45) is 0 Å². The van der Waals surface area contributed by atoms with Gasteiger partial charge in [-0.1, -0.05) is 6.92 Å². The first-order valence-electron chi connectivity index (χ1n) is 5.79. The van der Waals surface area contributed by atoms with Gasteiger partial charge >= 0.3 is 12.0 Å². The molecule has 18 heavy (non-hydrogen) atoms. The van der Waals surface area contributed by atoms with Crippen molar-refractivity contribution in [1.82, 2.24) is 20.4 Å². The number of carbonyl (C=O) groups excluding carboxylic acids is 1. The molecule has 0 bridgehead atoms. The van der Waals surface area contributed by atoms with E-state index in [1.807, 2.05) is 13.1 Å². The van der Waals surface area contributed by atoms with Crippen LogP contribution < -0.4 is 10.6 Å². The summed E-state index contributed by atoms with van der Waals surface area (Å²) in [5.41, 5.74) is 1.05. The highest BCUT2D eigenvalue weighted by Crippen LogP contribution is 1.93. The summed E-state index contributed by atoms with van der Waals surface area (Å²) in [6.07, 6.45) is 3.95. The molecular formula is C11H18N4O3. The molecule has 1 aromatic rings. The number of amides is 2. The molecule has 0 aliphatic carbocycles. The quantitative estimate of drug-likeness (QED) is 0.682. The maximum Gasteiger partial charge on any atom is 0.326 e. The minimum absolute atomic E-state index is 0.348. The summed E-state index contributed by atoms with van der Waals surface area (Å²) in [7, 11) is 0. The van der Waals surface area contributed by atoms with Crippen LogP contribution in [0.25, 0.3) is 0 Å². The van der Waals surface area contributed by atoms with Crippen LogP contribution >= 0.6 is 0 Å². The third-order valence-corrected chi connectivity index (χ3v) is 2.40. The number of carboxylic acid groups (broad SMARTS) is 1. The Morgan fingerprint density at radius 2 is 2.28 bits per heavy atom. The van der Waals surface area contributed by atoms with E-state index in [1.54, 1.807) is 17.8 Å². The lowest BCUT2D eigenvalue weighted by Gasteiger charge is -2.13. The summed E-state index contributed by atoms with van der Waals surface area (Å²) in [6, 6.07) is -1.33. The Labute approximate surface area is 105 Å². The van der Waals surface area contributed by atoms with Crippen molar-refractivity contribution in [3.63, 3.8) is 0 Å². The second-order valence-corrected chi connectivity index (χ2v) is 3.98. The SMILES string of the molecule is CC[C@@H](NC(=O)NCCn1cc(C)cn1)C(=O)O. The van der Waals surface area contributed by atoms with Crippen molar-refractivity contribution in [3.8, 4) is 0 Å². The van der Waals surface area contributed by atoms with Crippen LogP contribution in [0.4, 0.5) is 4.79 Å². The number of aryl methyl sites for hydroxylation is 1. The summed E-state index contributed by atoms with van der Waals surface area (Å²) in [5.74, 6) is -1.03. The number of carboxylic acids is 1. The van der Waals surface area contributed by atoms with Gasteiger partial charge in [0.05, 0.1) is 12.7 Å². The number of aromatic nitrogens is 2.